The van der Waals surface area contributed by atoms with Gasteiger partial charge in [-0.25, -0.2) is 0 Å². The first-order valence-electron chi connectivity index (χ1n) is 8.09. The maximum absolute atomic E-state index is 12.2. The number of allylic oxidation sites excluding steroid dienone is 4. The van der Waals surface area contributed by atoms with Crippen LogP contribution in [0, 0.1) is 0 Å². The van der Waals surface area contributed by atoms with Gasteiger partial charge in [0.1, 0.15) is 0 Å². The van der Waals surface area contributed by atoms with Crippen molar-refractivity contribution in [2.45, 2.75) is 12.3 Å². The summed E-state index contributed by atoms with van der Waals surface area (Å²) in [4.78, 5) is 12.2. The van der Waals surface area contributed by atoms with E-state index in [1.54, 1.807) is 6.08 Å². The number of carbonyl (C=O) groups excluding carboxylic acids is 1. The molecule has 122 valence electrons. The van der Waals surface area contributed by atoms with E-state index in [0.717, 1.165) is 12.0 Å². The molecule has 0 aliphatic rings. The van der Waals surface area contributed by atoms with Crippen molar-refractivity contribution in [1.29, 1.82) is 0 Å². The molecule has 1 amide bonds. The zero-order valence-electron chi connectivity index (χ0n) is 13.8. The number of hydrogen-bond acceptors (Lipinski definition) is 1. The molecule has 0 spiro atoms. The van der Waals surface area contributed by atoms with Crippen molar-refractivity contribution < 1.29 is 4.79 Å². The molecular weight excluding hydrogens is 294 g/mol. The molecule has 0 heterocycles. The third-order valence-corrected chi connectivity index (χ3v) is 3.90. The quantitative estimate of drug-likeness (QED) is 0.690. The average Bonchev–Trinajstić information content (AvgIpc) is 2.65. The fourth-order valence-corrected chi connectivity index (χ4v) is 2.70. The average molecular weight is 317 g/mol. The van der Waals surface area contributed by atoms with Crippen molar-refractivity contribution in [3.05, 3.63) is 109 Å². The Morgan fingerprint density at radius 1 is 1.00 bits per heavy atom. The van der Waals surface area contributed by atoms with E-state index in [4.69, 9.17) is 0 Å². The lowest BCUT2D eigenvalue weighted by molar-refractivity contribution is 0.0953. The Balaban J connectivity index is 2.06. The molecule has 24 heavy (non-hydrogen) atoms. The summed E-state index contributed by atoms with van der Waals surface area (Å²) >= 11 is 0. The van der Waals surface area contributed by atoms with Crippen molar-refractivity contribution in [2.75, 3.05) is 6.54 Å². The van der Waals surface area contributed by atoms with Crippen LogP contribution >= 0.6 is 0 Å². The number of amides is 1. The van der Waals surface area contributed by atoms with Gasteiger partial charge in [-0.05, 0) is 29.7 Å². The predicted octanol–water partition coefficient (Wildman–Crippen LogP) is 4.89. The smallest absolute Gasteiger partial charge is 0.251 e. The minimum absolute atomic E-state index is 0.0461. The molecule has 2 rings (SSSR count). The van der Waals surface area contributed by atoms with Crippen molar-refractivity contribution in [3.8, 4) is 0 Å². The molecule has 0 saturated heterocycles. The van der Waals surface area contributed by atoms with Gasteiger partial charge >= 0.3 is 0 Å². The standard InChI is InChI=1S/C22H23NO/c1-3-11-18(4-2)21(19-12-7-5-8-13-19)16-17-23-22(24)20-14-9-6-10-15-20/h3-15,21H,1-2,16-17H2,(H,23,24)/b18-11+. The highest BCUT2D eigenvalue weighted by Crippen LogP contribution is 2.28. The van der Waals surface area contributed by atoms with Gasteiger partial charge in [-0.1, -0.05) is 79.9 Å². The molecule has 2 nitrogen and oxygen atoms in total. The lowest BCUT2D eigenvalue weighted by atomic mass is 9.88. The van der Waals surface area contributed by atoms with Gasteiger partial charge in [0.05, 0.1) is 0 Å². The van der Waals surface area contributed by atoms with E-state index in [1.165, 1.54) is 5.56 Å². The summed E-state index contributed by atoms with van der Waals surface area (Å²) in [6.45, 7) is 8.29. The minimum atomic E-state index is -0.0461. The van der Waals surface area contributed by atoms with Crippen LogP contribution in [0.25, 0.3) is 0 Å². The molecule has 0 radical (unpaired) electrons. The molecule has 1 unspecified atom stereocenters. The van der Waals surface area contributed by atoms with E-state index in [-0.39, 0.29) is 11.8 Å². The highest BCUT2D eigenvalue weighted by Gasteiger charge is 2.15. The Bertz CT molecular complexity index is 701. The first kappa shape index (κ1) is 17.5. The summed E-state index contributed by atoms with van der Waals surface area (Å²) in [5.41, 5.74) is 2.99. The maximum atomic E-state index is 12.2. The fraction of sp³-hybridized carbons (Fsp3) is 0.136. The van der Waals surface area contributed by atoms with E-state index in [0.29, 0.717) is 12.1 Å². The van der Waals surface area contributed by atoms with Gasteiger partial charge in [-0.2, -0.15) is 0 Å². The van der Waals surface area contributed by atoms with Crippen molar-refractivity contribution in [3.63, 3.8) is 0 Å². The number of nitrogens with one attached hydrogen (secondary N) is 1. The molecule has 0 bridgehead atoms. The van der Waals surface area contributed by atoms with Crippen LogP contribution in [0.5, 0.6) is 0 Å². The van der Waals surface area contributed by atoms with E-state index in [9.17, 15) is 4.79 Å². The molecule has 2 aromatic carbocycles. The number of carbonyl (C=O) groups is 1. The number of benzene rings is 2. The van der Waals surface area contributed by atoms with E-state index >= 15 is 0 Å². The molecule has 0 aliphatic carbocycles. The van der Waals surface area contributed by atoms with Crippen LogP contribution in [0.1, 0.15) is 28.3 Å². The fourth-order valence-electron chi connectivity index (χ4n) is 2.70. The summed E-state index contributed by atoms with van der Waals surface area (Å²) in [5.74, 6) is 0.132. The van der Waals surface area contributed by atoms with Gasteiger partial charge in [-0.3, -0.25) is 4.79 Å². The summed E-state index contributed by atoms with van der Waals surface area (Å²) < 4.78 is 0. The Labute approximate surface area is 144 Å². The minimum Gasteiger partial charge on any atom is -0.352 e. The van der Waals surface area contributed by atoms with Gasteiger partial charge in [0.25, 0.3) is 5.91 Å². The summed E-state index contributed by atoms with van der Waals surface area (Å²) in [6, 6.07) is 19.5. The van der Waals surface area contributed by atoms with E-state index in [2.05, 4.69) is 30.6 Å². The van der Waals surface area contributed by atoms with Crippen LogP contribution in [-0.2, 0) is 0 Å². The molecule has 0 aliphatic heterocycles. The third kappa shape index (κ3) is 4.82. The monoisotopic (exact) mass is 317 g/mol. The van der Waals surface area contributed by atoms with Crippen molar-refractivity contribution in [2.24, 2.45) is 0 Å². The predicted molar refractivity (Wildman–Crippen MR) is 101 cm³/mol. The third-order valence-electron chi connectivity index (χ3n) is 3.90. The van der Waals surface area contributed by atoms with Gasteiger partial charge in [0.15, 0.2) is 0 Å². The van der Waals surface area contributed by atoms with Crippen molar-refractivity contribution in [1.82, 2.24) is 5.32 Å². The van der Waals surface area contributed by atoms with E-state index in [1.807, 2.05) is 60.7 Å². The Morgan fingerprint density at radius 2 is 1.62 bits per heavy atom. The Hall–Kier alpha value is -2.87. The summed E-state index contributed by atoms with van der Waals surface area (Å²) in [7, 11) is 0. The SMILES string of the molecule is C=C/C=C(\C=C)C(CCNC(=O)c1ccccc1)c1ccccc1. The highest BCUT2D eigenvalue weighted by molar-refractivity contribution is 5.94. The summed E-state index contributed by atoms with van der Waals surface area (Å²) in [6.07, 6.45) is 6.41. The normalized spacial score (nSPS) is 12.2. The molecule has 1 N–H and O–H groups in total. The lowest BCUT2D eigenvalue weighted by Gasteiger charge is -2.19. The van der Waals surface area contributed by atoms with Gasteiger partial charge < -0.3 is 5.32 Å². The Kier molecular flexibility index (Phi) is 6.78. The molecule has 2 aromatic rings. The van der Waals surface area contributed by atoms with Gasteiger partial charge in [-0.15, -0.1) is 0 Å². The van der Waals surface area contributed by atoms with Crippen LogP contribution in [0.2, 0.25) is 0 Å². The molecular formula is C22H23NO. The molecule has 1 atom stereocenters. The molecule has 0 aromatic heterocycles. The molecule has 0 fully saturated rings. The van der Waals surface area contributed by atoms with Crippen LogP contribution < -0.4 is 5.32 Å². The van der Waals surface area contributed by atoms with Gasteiger partial charge in [0, 0.05) is 18.0 Å². The zero-order chi connectivity index (χ0) is 17.2. The number of hydrogen-bond donors (Lipinski definition) is 1. The van der Waals surface area contributed by atoms with Crippen LogP contribution in [0.3, 0.4) is 0 Å². The first-order valence-corrected chi connectivity index (χ1v) is 8.09. The van der Waals surface area contributed by atoms with Crippen molar-refractivity contribution >= 4 is 5.91 Å². The first-order chi connectivity index (χ1) is 11.8. The lowest BCUT2D eigenvalue weighted by Crippen LogP contribution is -2.25. The molecule has 0 saturated carbocycles. The maximum Gasteiger partial charge on any atom is 0.251 e. The second-order valence-corrected chi connectivity index (χ2v) is 5.48. The summed E-state index contributed by atoms with van der Waals surface area (Å²) in [5, 5.41) is 2.99. The van der Waals surface area contributed by atoms with E-state index < -0.39 is 0 Å². The Morgan fingerprint density at radius 3 is 2.21 bits per heavy atom. The largest absolute Gasteiger partial charge is 0.352 e. The zero-order valence-corrected chi connectivity index (χ0v) is 13.8. The molecule has 2 heteroatoms. The van der Waals surface area contributed by atoms with Crippen LogP contribution in [0.15, 0.2) is 97.6 Å². The second-order valence-electron chi connectivity index (χ2n) is 5.48. The number of rotatable bonds is 8. The second kappa shape index (κ2) is 9.31. The van der Waals surface area contributed by atoms with Gasteiger partial charge in [0.2, 0.25) is 0 Å². The van der Waals surface area contributed by atoms with Crippen LogP contribution in [-0.4, -0.2) is 12.5 Å². The highest BCUT2D eigenvalue weighted by atomic mass is 16.1. The topological polar surface area (TPSA) is 29.1 Å². The van der Waals surface area contributed by atoms with Crippen LogP contribution in [0.4, 0.5) is 0 Å².